The van der Waals surface area contributed by atoms with E-state index in [9.17, 15) is 4.79 Å². The first kappa shape index (κ1) is 9.62. The Hall–Kier alpha value is -2.47. The molecule has 0 bridgehead atoms. The second kappa shape index (κ2) is 3.97. The SMILES string of the molecule is N=C=O.Nc1nc2nc[nH]c2c(=O)[nH]1. The molecule has 0 amide bonds. The van der Waals surface area contributed by atoms with Gasteiger partial charge in [0.05, 0.1) is 6.33 Å². The average molecular weight is 194 g/mol. The second-order valence-corrected chi connectivity index (χ2v) is 2.15. The van der Waals surface area contributed by atoms with Crippen LogP contribution >= 0.6 is 0 Å². The topological polar surface area (TPSA) is 141 Å². The van der Waals surface area contributed by atoms with Crippen LogP contribution in [0.1, 0.15) is 0 Å². The van der Waals surface area contributed by atoms with Gasteiger partial charge in [0, 0.05) is 0 Å². The average Bonchev–Trinajstić information content (AvgIpc) is 2.53. The molecule has 8 heteroatoms. The highest BCUT2D eigenvalue weighted by Gasteiger charge is 2.01. The van der Waals surface area contributed by atoms with E-state index in [1.807, 2.05) is 0 Å². The molecule has 2 aromatic rings. The van der Waals surface area contributed by atoms with Gasteiger partial charge < -0.3 is 10.7 Å². The molecule has 5 N–H and O–H groups in total. The Balaban J connectivity index is 0.000000293. The summed E-state index contributed by atoms with van der Waals surface area (Å²) in [5, 5.41) is 5.40. The Bertz CT molecular complexity index is 520. The van der Waals surface area contributed by atoms with E-state index < -0.39 is 0 Å². The standard InChI is InChI=1S/C5H5N5O.CHNO/c6-5-9-3-2(4(11)10-5)7-1-8-3;2-1-3/h1H,(H4,6,7,8,9,10,11);2H. The van der Waals surface area contributed by atoms with Crippen LogP contribution in [0.5, 0.6) is 0 Å². The number of carbonyl (C=O) groups excluding carboxylic acids is 1. The van der Waals surface area contributed by atoms with Crippen molar-refractivity contribution in [2.45, 2.75) is 0 Å². The minimum absolute atomic E-state index is 0.0783. The first-order valence-corrected chi connectivity index (χ1v) is 3.41. The summed E-state index contributed by atoms with van der Waals surface area (Å²) in [6, 6.07) is 0. The zero-order valence-electron chi connectivity index (χ0n) is 6.87. The fourth-order valence-corrected chi connectivity index (χ4v) is 0.860. The number of H-pyrrole nitrogens is 2. The molecule has 72 valence electrons. The second-order valence-electron chi connectivity index (χ2n) is 2.15. The number of nitrogens with two attached hydrogens (primary N) is 1. The molecule has 2 aromatic heterocycles. The maximum Gasteiger partial charge on any atom is 0.278 e. The Kier molecular flexibility index (Phi) is 2.72. The summed E-state index contributed by atoms with van der Waals surface area (Å²) in [6.07, 6.45) is 2.15. The summed E-state index contributed by atoms with van der Waals surface area (Å²) in [7, 11) is 0. The van der Waals surface area contributed by atoms with Crippen molar-refractivity contribution >= 4 is 23.2 Å². The molecular formula is C6H6N6O2. The number of nitrogens with zero attached hydrogens (tertiary/aromatic N) is 2. The maximum absolute atomic E-state index is 11.0. The normalized spacial score (nSPS) is 8.86. The zero-order chi connectivity index (χ0) is 10.6. The highest BCUT2D eigenvalue weighted by atomic mass is 16.1. The van der Waals surface area contributed by atoms with Gasteiger partial charge in [0.1, 0.15) is 0 Å². The minimum atomic E-state index is -0.301. The number of aromatic nitrogens is 4. The van der Waals surface area contributed by atoms with Gasteiger partial charge in [-0.15, -0.1) is 0 Å². The molecule has 0 fully saturated rings. The summed E-state index contributed by atoms with van der Waals surface area (Å²) in [6.45, 7) is 0. The van der Waals surface area contributed by atoms with Crippen LogP contribution in [0.4, 0.5) is 5.95 Å². The third kappa shape index (κ3) is 1.82. The summed E-state index contributed by atoms with van der Waals surface area (Å²) >= 11 is 0. The summed E-state index contributed by atoms with van der Waals surface area (Å²) < 4.78 is 0. The molecule has 0 aromatic carbocycles. The van der Waals surface area contributed by atoms with Crippen LogP contribution in [0.25, 0.3) is 11.2 Å². The molecule has 0 aliphatic heterocycles. The van der Waals surface area contributed by atoms with Crippen molar-refractivity contribution in [3.63, 3.8) is 0 Å². The van der Waals surface area contributed by atoms with E-state index in [2.05, 4.69) is 19.9 Å². The van der Waals surface area contributed by atoms with Crippen LogP contribution in [0.3, 0.4) is 0 Å². The smallest absolute Gasteiger partial charge is 0.278 e. The highest BCUT2D eigenvalue weighted by molar-refractivity contribution is 5.69. The molecular weight excluding hydrogens is 188 g/mol. The lowest BCUT2D eigenvalue weighted by molar-refractivity contribution is 0.563. The van der Waals surface area contributed by atoms with E-state index in [1.165, 1.54) is 6.33 Å². The quantitative estimate of drug-likeness (QED) is 0.318. The molecule has 0 atom stereocenters. The number of fused-ring (bicyclic) bond motifs is 1. The molecule has 0 aliphatic carbocycles. The molecule has 2 heterocycles. The molecule has 0 spiro atoms. The van der Waals surface area contributed by atoms with Gasteiger partial charge in [-0.1, -0.05) is 0 Å². The van der Waals surface area contributed by atoms with E-state index >= 15 is 0 Å². The van der Waals surface area contributed by atoms with Crippen molar-refractivity contribution in [3.8, 4) is 0 Å². The van der Waals surface area contributed by atoms with Crippen LogP contribution in [-0.2, 0) is 4.79 Å². The van der Waals surface area contributed by atoms with E-state index in [0.717, 1.165) is 6.08 Å². The van der Waals surface area contributed by atoms with Crippen LogP contribution in [-0.4, -0.2) is 26.0 Å². The predicted molar refractivity (Wildman–Crippen MR) is 47.3 cm³/mol. The Morgan fingerprint density at radius 1 is 1.57 bits per heavy atom. The lowest BCUT2D eigenvalue weighted by Crippen LogP contribution is -2.10. The van der Waals surface area contributed by atoms with Gasteiger partial charge in [0.25, 0.3) is 5.56 Å². The molecule has 0 radical (unpaired) electrons. The van der Waals surface area contributed by atoms with Crippen LogP contribution in [0.15, 0.2) is 11.1 Å². The number of imidazole rings is 1. The lowest BCUT2D eigenvalue weighted by Gasteiger charge is -1.89. The van der Waals surface area contributed by atoms with Crippen molar-refractivity contribution in [1.82, 2.24) is 19.9 Å². The number of rotatable bonds is 0. The first-order chi connectivity index (χ1) is 6.69. The number of anilines is 1. The van der Waals surface area contributed by atoms with Gasteiger partial charge in [-0.2, -0.15) is 4.98 Å². The Labute approximate surface area is 76.7 Å². The van der Waals surface area contributed by atoms with Crippen molar-refractivity contribution in [2.24, 2.45) is 0 Å². The maximum atomic E-state index is 11.0. The molecule has 2 rings (SSSR count). The van der Waals surface area contributed by atoms with E-state index in [-0.39, 0.29) is 11.5 Å². The van der Waals surface area contributed by atoms with Gasteiger partial charge in [0.15, 0.2) is 11.2 Å². The van der Waals surface area contributed by atoms with Gasteiger partial charge >= 0.3 is 0 Å². The largest absolute Gasteiger partial charge is 0.369 e. The molecule has 0 saturated carbocycles. The lowest BCUT2D eigenvalue weighted by atomic mass is 10.5. The third-order valence-corrected chi connectivity index (χ3v) is 1.31. The monoisotopic (exact) mass is 194 g/mol. The highest BCUT2D eigenvalue weighted by Crippen LogP contribution is 1.98. The number of aromatic amines is 2. The van der Waals surface area contributed by atoms with Crippen molar-refractivity contribution in [3.05, 3.63) is 16.7 Å². The minimum Gasteiger partial charge on any atom is -0.369 e. The molecule has 0 saturated heterocycles. The van der Waals surface area contributed by atoms with Crippen LogP contribution < -0.4 is 11.3 Å². The predicted octanol–water partition coefficient (Wildman–Crippen LogP) is -0.871. The van der Waals surface area contributed by atoms with E-state index in [4.69, 9.17) is 15.9 Å². The summed E-state index contributed by atoms with van der Waals surface area (Å²) in [5.74, 6) is 0.0783. The Morgan fingerprint density at radius 3 is 2.86 bits per heavy atom. The van der Waals surface area contributed by atoms with E-state index in [1.54, 1.807) is 0 Å². The van der Waals surface area contributed by atoms with Crippen molar-refractivity contribution in [2.75, 3.05) is 5.73 Å². The number of hydrogen-bond acceptors (Lipinski definition) is 6. The number of nitrogen functional groups attached to an aromatic ring is 1. The van der Waals surface area contributed by atoms with Crippen molar-refractivity contribution in [1.29, 1.82) is 5.41 Å². The van der Waals surface area contributed by atoms with Gasteiger partial charge in [-0.25, -0.2) is 15.2 Å². The molecule has 0 unspecified atom stereocenters. The fourth-order valence-electron chi connectivity index (χ4n) is 0.860. The number of nitrogens with one attached hydrogen (secondary N) is 3. The van der Waals surface area contributed by atoms with Gasteiger partial charge in [0.2, 0.25) is 12.0 Å². The fraction of sp³-hybridized carbons (Fsp3) is 0. The molecule has 14 heavy (non-hydrogen) atoms. The van der Waals surface area contributed by atoms with Crippen LogP contribution in [0.2, 0.25) is 0 Å². The molecule has 0 aliphatic rings. The number of hydrogen-bond donors (Lipinski definition) is 4. The molecule has 8 nitrogen and oxygen atoms in total. The van der Waals surface area contributed by atoms with E-state index in [0.29, 0.717) is 11.2 Å². The third-order valence-electron chi connectivity index (χ3n) is 1.31. The van der Waals surface area contributed by atoms with Gasteiger partial charge in [-0.05, 0) is 0 Å². The van der Waals surface area contributed by atoms with Crippen LogP contribution in [0, 0.1) is 5.41 Å². The summed E-state index contributed by atoms with van der Waals surface area (Å²) in [5.41, 5.74) is 5.65. The zero-order valence-corrected chi connectivity index (χ0v) is 6.87. The Morgan fingerprint density at radius 2 is 2.21 bits per heavy atom. The van der Waals surface area contributed by atoms with Crippen molar-refractivity contribution < 1.29 is 4.79 Å². The summed E-state index contributed by atoms with van der Waals surface area (Å²) in [4.78, 5) is 31.9. The van der Waals surface area contributed by atoms with Gasteiger partial charge in [-0.3, -0.25) is 9.78 Å². The first-order valence-electron chi connectivity index (χ1n) is 3.41. The number of isocyanates is 1.